The summed E-state index contributed by atoms with van der Waals surface area (Å²) in [7, 11) is -4.50. The van der Waals surface area contributed by atoms with Crippen LogP contribution in [-0.4, -0.2) is 65.9 Å². The molecule has 0 bridgehead atoms. The van der Waals surface area contributed by atoms with E-state index in [1.165, 1.54) is 0 Å². The van der Waals surface area contributed by atoms with E-state index in [2.05, 4.69) is 0 Å². The highest BCUT2D eigenvalue weighted by Crippen LogP contribution is 2.17. The van der Waals surface area contributed by atoms with Crippen molar-refractivity contribution >= 4 is 16.2 Å². The van der Waals surface area contributed by atoms with Crippen LogP contribution in [0.2, 0.25) is 0 Å². The van der Waals surface area contributed by atoms with E-state index in [0.29, 0.717) is 25.9 Å². The summed E-state index contributed by atoms with van der Waals surface area (Å²) >= 11 is 0. The summed E-state index contributed by atoms with van der Waals surface area (Å²) in [5, 5.41) is 9.14. The monoisotopic (exact) mass is 325 g/mol. The molecule has 9 heteroatoms. The van der Waals surface area contributed by atoms with Gasteiger partial charge < -0.3 is 19.5 Å². The molecular weight excluding hydrogens is 302 g/mol. The van der Waals surface area contributed by atoms with Crippen molar-refractivity contribution in [3.8, 4) is 0 Å². The van der Waals surface area contributed by atoms with Crippen molar-refractivity contribution in [2.45, 2.75) is 50.8 Å². The van der Waals surface area contributed by atoms with Gasteiger partial charge in [-0.05, 0) is 33.6 Å². The summed E-state index contributed by atoms with van der Waals surface area (Å²) < 4.78 is 40.4. The Hall–Kier alpha value is -0.900. The minimum atomic E-state index is -4.50. The minimum Gasteiger partial charge on any atom is -0.444 e. The van der Waals surface area contributed by atoms with Crippen LogP contribution in [0.15, 0.2) is 0 Å². The Morgan fingerprint density at radius 1 is 1.33 bits per heavy atom. The number of carbonyl (C=O) groups excluding carboxylic acids is 1. The molecular formula is C12H23NO7S. The Bertz CT molecular complexity index is 449. The number of aliphatic hydroxyl groups is 1. The normalized spacial score (nSPS) is 19.4. The molecule has 2 N–H and O–H groups in total. The second-order valence-electron chi connectivity index (χ2n) is 5.97. The Balaban J connectivity index is 2.34. The van der Waals surface area contributed by atoms with Gasteiger partial charge in [-0.15, -0.1) is 0 Å². The van der Waals surface area contributed by atoms with Crippen LogP contribution in [-0.2, 0) is 19.6 Å². The molecule has 21 heavy (non-hydrogen) atoms. The topological polar surface area (TPSA) is 113 Å². The lowest BCUT2D eigenvalue weighted by molar-refractivity contribution is -0.0263. The Labute approximate surface area is 124 Å². The van der Waals surface area contributed by atoms with Crippen molar-refractivity contribution < 1.29 is 32.3 Å². The molecule has 0 saturated carbocycles. The predicted octanol–water partition coefficient (Wildman–Crippen LogP) is 0.609. The van der Waals surface area contributed by atoms with Crippen LogP contribution >= 0.6 is 0 Å². The van der Waals surface area contributed by atoms with Crippen molar-refractivity contribution in [2.75, 3.05) is 19.7 Å². The Morgan fingerprint density at radius 2 is 1.86 bits per heavy atom. The van der Waals surface area contributed by atoms with E-state index in [-0.39, 0.29) is 12.2 Å². The molecule has 1 heterocycles. The van der Waals surface area contributed by atoms with Gasteiger partial charge in [0, 0.05) is 13.1 Å². The average molecular weight is 325 g/mol. The van der Waals surface area contributed by atoms with Crippen LogP contribution in [0.25, 0.3) is 0 Å². The van der Waals surface area contributed by atoms with Gasteiger partial charge in [0.05, 0.1) is 12.7 Å². The first kappa shape index (κ1) is 18.1. The summed E-state index contributed by atoms with van der Waals surface area (Å²) in [6.07, 6.45) is 0.369. The van der Waals surface area contributed by atoms with Crippen LogP contribution in [0.3, 0.4) is 0 Å². The molecule has 0 aromatic carbocycles. The standard InChI is InChI=1S/C12H23NO7S/c1-12(2,3)20-11(15)13-6-4-9(5-7-13)19-8-10(14)21(16,17)18/h9-10,14H,4-8H2,1-3H3,(H,16,17,18). The highest BCUT2D eigenvalue weighted by atomic mass is 32.2. The number of hydrogen-bond donors (Lipinski definition) is 2. The number of carbonyl (C=O) groups is 1. The summed E-state index contributed by atoms with van der Waals surface area (Å²) in [5.74, 6) is 0. The molecule has 0 aromatic rings. The van der Waals surface area contributed by atoms with Gasteiger partial charge in [-0.2, -0.15) is 8.42 Å². The number of nitrogens with zero attached hydrogens (tertiary/aromatic N) is 1. The average Bonchev–Trinajstić information content (AvgIpc) is 2.33. The van der Waals surface area contributed by atoms with Crippen LogP contribution in [0.1, 0.15) is 33.6 Å². The molecule has 1 fully saturated rings. The number of hydrogen-bond acceptors (Lipinski definition) is 6. The van der Waals surface area contributed by atoms with Crippen LogP contribution in [0.5, 0.6) is 0 Å². The summed E-state index contributed by atoms with van der Waals surface area (Å²) in [6, 6.07) is 0. The quantitative estimate of drug-likeness (QED) is 0.728. The lowest BCUT2D eigenvalue weighted by Gasteiger charge is -2.33. The highest BCUT2D eigenvalue weighted by Gasteiger charge is 2.28. The predicted molar refractivity (Wildman–Crippen MR) is 74.3 cm³/mol. The molecule has 8 nitrogen and oxygen atoms in total. The number of ether oxygens (including phenoxy) is 2. The molecule has 1 atom stereocenters. The first-order valence-electron chi connectivity index (χ1n) is 6.73. The number of amides is 1. The van der Waals surface area contributed by atoms with E-state index in [0.717, 1.165) is 0 Å². The third-order valence-electron chi connectivity index (χ3n) is 2.91. The zero-order chi connectivity index (χ0) is 16.3. The van der Waals surface area contributed by atoms with Crippen molar-refractivity contribution in [3.05, 3.63) is 0 Å². The zero-order valence-corrected chi connectivity index (χ0v) is 13.3. The van der Waals surface area contributed by atoms with Crippen LogP contribution in [0, 0.1) is 0 Å². The van der Waals surface area contributed by atoms with Gasteiger partial charge in [0.25, 0.3) is 10.1 Å². The van der Waals surface area contributed by atoms with E-state index in [1.54, 1.807) is 25.7 Å². The fourth-order valence-electron chi connectivity index (χ4n) is 1.84. The van der Waals surface area contributed by atoms with Gasteiger partial charge in [-0.3, -0.25) is 4.55 Å². The van der Waals surface area contributed by atoms with E-state index in [4.69, 9.17) is 19.1 Å². The van der Waals surface area contributed by atoms with Gasteiger partial charge in [0.1, 0.15) is 5.60 Å². The van der Waals surface area contributed by atoms with Crippen molar-refractivity contribution in [1.29, 1.82) is 0 Å². The summed E-state index contributed by atoms with van der Waals surface area (Å²) in [5.41, 5.74) is -2.49. The first-order chi connectivity index (χ1) is 9.49. The Morgan fingerprint density at radius 3 is 2.29 bits per heavy atom. The second kappa shape index (κ2) is 6.91. The number of rotatable bonds is 4. The van der Waals surface area contributed by atoms with Crippen molar-refractivity contribution in [1.82, 2.24) is 4.90 Å². The molecule has 1 aliphatic heterocycles. The lowest BCUT2D eigenvalue weighted by Crippen LogP contribution is -2.44. The minimum absolute atomic E-state index is 0.264. The van der Waals surface area contributed by atoms with Crippen LogP contribution in [0.4, 0.5) is 4.79 Å². The van der Waals surface area contributed by atoms with Gasteiger partial charge in [0.2, 0.25) is 5.44 Å². The molecule has 1 rings (SSSR count). The van der Waals surface area contributed by atoms with Crippen LogP contribution < -0.4 is 0 Å². The molecule has 1 unspecified atom stereocenters. The zero-order valence-electron chi connectivity index (χ0n) is 12.5. The molecule has 124 valence electrons. The van der Waals surface area contributed by atoms with Gasteiger partial charge in [-0.25, -0.2) is 4.79 Å². The summed E-state index contributed by atoms with van der Waals surface area (Å²) in [4.78, 5) is 13.4. The third-order valence-corrected chi connectivity index (χ3v) is 3.74. The molecule has 1 aliphatic rings. The van der Waals surface area contributed by atoms with E-state index in [1.807, 2.05) is 0 Å². The SMILES string of the molecule is CC(C)(C)OC(=O)N1CCC(OCC(O)S(=O)(=O)O)CC1. The van der Waals surface area contributed by atoms with Crippen molar-refractivity contribution in [3.63, 3.8) is 0 Å². The molecule has 0 spiro atoms. The van der Waals surface area contributed by atoms with E-state index >= 15 is 0 Å². The van der Waals surface area contributed by atoms with Gasteiger partial charge >= 0.3 is 6.09 Å². The second-order valence-corrected chi connectivity index (χ2v) is 7.54. The molecule has 1 saturated heterocycles. The maximum absolute atomic E-state index is 11.8. The molecule has 0 radical (unpaired) electrons. The number of aliphatic hydroxyl groups excluding tert-OH is 1. The first-order valence-corrected chi connectivity index (χ1v) is 8.23. The summed E-state index contributed by atoms with van der Waals surface area (Å²) in [6.45, 7) is 5.74. The van der Waals surface area contributed by atoms with Crippen molar-refractivity contribution in [2.24, 2.45) is 0 Å². The van der Waals surface area contributed by atoms with E-state index in [9.17, 15) is 13.2 Å². The molecule has 0 aliphatic carbocycles. The third kappa shape index (κ3) is 6.60. The van der Waals surface area contributed by atoms with E-state index < -0.39 is 27.8 Å². The Kier molecular flexibility index (Phi) is 5.97. The largest absolute Gasteiger partial charge is 0.444 e. The molecule has 1 amide bonds. The number of likely N-dealkylation sites (tertiary alicyclic amines) is 1. The number of piperidine rings is 1. The highest BCUT2D eigenvalue weighted by molar-refractivity contribution is 7.86. The maximum Gasteiger partial charge on any atom is 0.410 e. The molecule has 0 aromatic heterocycles. The fraction of sp³-hybridized carbons (Fsp3) is 0.917. The fourth-order valence-corrected chi connectivity index (χ4v) is 2.09. The van der Waals surface area contributed by atoms with Gasteiger partial charge in [-0.1, -0.05) is 0 Å². The lowest BCUT2D eigenvalue weighted by atomic mass is 10.1. The van der Waals surface area contributed by atoms with Gasteiger partial charge in [0.15, 0.2) is 0 Å². The maximum atomic E-state index is 11.8. The smallest absolute Gasteiger partial charge is 0.410 e.